The predicted molar refractivity (Wildman–Crippen MR) is 129 cm³/mol. The molecular formula is C28H28IrNO3-. The Hall–Kier alpha value is -2.75. The van der Waals surface area contributed by atoms with E-state index in [0.29, 0.717) is 0 Å². The van der Waals surface area contributed by atoms with Crippen molar-refractivity contribution in [3.63, 3.8) is 0 Å². The fourth-order valence-corrected chi connectivity index (χ4v) is 4.49. The maximum Gasteiger partial charge on any atom is 0.155 e. The molecule has 0 atom stereocenters. The second-order valence-corrected chi connectivity index (χ2v) is 8.53. The molecule has 2 aromatic carbocycles. The smallest absolute Gasteiger partial charge is 0.155 e. The van der Waals surface area contributed by atoms with Crippen molar-refractivity contribution in [1.82, 2.24) is 4.98 Å². The van der Waals surface area contributed by atoms with Gasteiger partial charge in [0.25, 0.3) is 0 Å². The molecule has 0 saturated heterocycles. The zero-order valence-electron chi connectivity index (χ0n) is 19.4. The molecule has 4 nitrogen and oxygen atoms in total. The number of carbonyl (C=O) groups excluding carboxylic acids is 1. The van der Waals surface area contributed by atoms with E-state index in [-0.39, 0.29) is 31.6 Å². The largest absolute Gasteiger partial charge is 0.512 e. The van der Waals surface area contributed by atoms with Crippen LogP contribution in [0.4, 0.5) is 0 Å². The van der Waals surface area contributed by atoms with Gasteiger partial charge in [-0.2, -0.15) is 0 Å². The number of allylic oxidation sites excluding steroid dienone is 2. The first-order chi connectivity index (χ1) is 15.3. The molecule has 0 aliphatic heterocycles. The Morgan fingerprint density at radius 3 is 2.55 bits per heavy atom. The second-order valence-electron chi connectivity index (χ2n) is 8.53. The number of aliphatic hydroxyl groups is 1. The maximum absolute atomic E-state index is 10.0. The van der Waals surface area contributed by atoms with E-state index < -0.39 is 0 Å². The van der Waals surface area contributed by atoms with Gasteiger partial charge in [0, 0.05) is 48.8 Å². The molecule has 2 aromatic heterocycles. The van der Waals surface area contributed by atoms with Crippen LogP contribution in [0.1, 0.15) is 48.9 Å². The number of nitrogens with zero attached hydrogens (tertiary/aromatic N) is 1. The van der Waals surface area contributed by atoms with Gasteiger partial charge in [-0.1, -0.05) is 6.92 Å². The van der Waals surface area contributed by atoms with E-state index >= 15 is 0 Å². The van der Waals surface area contributed by atoms with Crippen molar-refractivity contribution in [3.8, 4) is 11.3 Å². The molecule has 2 heterocycles. The number of pyridine rings is 1. The maximum atomic E-state index is 10.0. The minimum absolute atomic E-state index is 0. The first-order valence-electron chi connectivity index (χ1n) is 11.0. The molecule has 1 aliphatic rings. The molecule has 1 N–H and O–H groups in total. The van der Waals surface area contributed by atoms with Crippen molar-refractivity contribution in [2.45, 2.75) is 53.4 Å². The van der Waals surface area contributed by atoms with Crippen LogP contribution in [0.5, 0.6) is 0 Å². The third-order valence-electron chi connectivity index (χ3n) is 5.91. The van der Waals surface area contributed by atoms with Gasteiger partial charge in [0.05, 0.1) is 5.76 Å². The van der Waals surface area contributed by atoms with E-state index in [1.807, 2.05) is 12.3 Å². The Balaban J connectivity index is 0.000000337. The predicted octanol–water partition coefficient (Wildman–Crippen LogP) is 6.98. The van der Waals surface area contributed by atoms with Crippen LogP contribution in [0.25, 0.3) is 33.2 Å². The van der Waals surface area contributed by atoms with Crippen molar-refractivity contribution in [3.05, 3.63) is 76.7 Å². The van der Waals surface area contributed by atoms with Crippen LogP contribution < -0.4 is 0 Å². The summed E-state index contributed by atoms with van der Waals surface area (Å²) in [7, 11) is 0. The molecule has 1 radical (unpaired) electrons. The summed E-state index contributed by atoms with van der Waals surface area (Å²) in [6.45, 7) is 7.17. The summed E-state index contributed by atoms with van der Waals surface area (Å²) in [5.74, 6) is -0.0625. The average Bonchev–Trinajstić information content (AvgIpc) is 3.13. The van der Waals surface area contributed by atoms with Gasteiger partial charge in [-0.25, -0.2) is 0 Å². The van der Waals surface area contributed by atoms with Gasteiger partial charge in [-0.05, 0) is 75.3 Å². The summed E-state index contributed by atoms with van der Waals surface area (Å²) in [5.41, 5.74) is 9.31. The second kappa shape index (κ2) is 10.5. The minimum atomic E-state index is -0.125. The topological polar surface area (TPSA) is 63.3 Å². The van der Waals surface area contributed by atoms with Gasteiger partial charge in [0.2, 0.25) is 0 Å². The first kappa shape index (κ1) is 24.9. The average molecular weight is 619 g/mol. The molecule has 0 spiro atoms. The van der Waals surface area contributed by atoms with E-state index in [2.05, 4.69) is 49.2 Å². The normalized spacial score (nSPS) is 13.2. The van der Waals surface area contributed by atoms with E-state index in [1.54, 1.807) is 0 Å². The van der Waals surface area contributed by atoms with Crippen molar-refractivity contribution in [1.29, 1.82) is 0 Å². The molecule has 1 aliphatic carbocycles. The zero-order chi connectivity index (χ0) is 22.8. The quantitative estimate of drug-likeness (QED) is 0.150. The fraction of sp³-hybridized carbons (Fsp3) is 0.286. The molecule has 0 unspecified atom stereocenters. The van der Waals surface area contributed by atoms with E-state index in [4.69, 9.17) is 9.52 Å². The molecule has 0 bridgehead atoms. The Morgan fingerprint density at radius 1 is 1.15 bits per heavy atom. The molecule has 173 valence electrons. The van der Waals surface area contributed by atoms with Gasteiger partial charge < -0.3 is 14.5 Å². The van der Waals surface area contributed by atoms with Crippen LogP contribution >= 0.6 is 0 Å². The molecule has 5 rings (SSSR count). The Labute approximate surface area is 208 Å². The molecular weight excluding hydrogens is 591 g/mol. The number of aryl methyl sites for hydroxylation is 3. The van der Waals surface area contributed by atoms with Gasteiger partial charge in [-0.15, -0.1) is 35.4 Å². The Kier molecular flexibility index (Phi) is 7.88. The van der Waals surface area contributed by atoms with Crippen LogP contribution in [0, 0.1) is 19.9 Å². The van der Waals surface area contributed by atoms with Crippen molar-refractivity contribution in [2.24, 2.45) is 0 Å². The molecule has 0 fully saturated rings. The van der Waals surface area contributed by atoms with Crippen molar-refractivity contribution < 1.29 is 34.4 Å². The van der Waals surface area contributed by atoms with Gasteiger partial charge in [-0.3, -0.25) is 4.79 Å². The molecule has 33 heavy (non-hydrogen) atoms. The standard InChI is InChI=1S/C23H20NO.C5H8O2.Ir/c1-14-7-9-16(10-8-14)22-23-19(11-12-24-22)21-15(2)18-6-4-3-5-17(18)13-20(21)25-23;1-4(6)3-5(2)7;/h7-9,11-13H,3-6H2,1-2H3;3,6H,1-2H3;/q-1;;/b;4-3-;. The van der Waals surface area contributed by atoms with E-state index in [0.717, 1.165) is 22.4 Å². The van der Waals surface area contributed by atoms with Crippen LogP contribution in [0.2, 0.25) is 0 Å². The van der Waals surface area contributed by atoms with Crippen LogP contribution in [-0.4, -0.2) is 15.9 Å². The third kappa shape index (κ3) is 5.26. The van der Waals surface area contributed by atoms with Crippen LogP contribution in [-0.2, 0) is 37.7 Å². The zero-order valence-corrected chi connectivity index (χ0v) is 21.8. The summed E-state index contributed by atoms with van der Waals surface area (Å²) in [4.78, 5) is 14.6. The van der Waals surface area contributed by atoms with Gasteiger partial charge in [0.1, 0.15) is 11.2 Å². The number of rotatable bonds is 2. The van der Waals surface area contributed by atoms with E-state index in [1.165, 1.54) is 78.6 Å². The summed E-state index contributed by atoms with van der Waals surface area (Å²) >= 11 is 0. The molecule has 0 amide bonds. The van der Waals surface area contributed by atoms with Crippen molar-refractivity contribution >= 4 is 27.7 Å². The van der Waals surface area contributed by atoms with Gasteiger partial charge in [0.15, 0.2) is 5.78 Å². The number of hydrogen-bond acceptors (Lipinski definition) is 4. The summed E-state index contributed by atoms with van der Waals surface area (Å²) < 4.78 is 6.33. The number of carbonyl (C=O) groups is 1. The number of hydrogen-bond donors (Lipinski definition) is 1. The van der Waals surface area contributed by atoms with Crippen LogP contribution in [0.15, 0.2) is 52.8 Å². The molecule has 4 aromatic rings. The monoisotopic (exact) mass is 619 g/mol. The number of ketones is 1. The molecule has 5 heteroatoms. The minimum Gasteiger partial charge on any atom is -0.512 e. The number of benzene rings is 2. The number of fused-ring (bicyclic) bond motifs is 4. The fourth-order valence-electron chi connectivity index (χ4n) is 4.49. The third-order valence-corrected chi connectivity index (χ3v) is 5.91. The Bertz CT molecular complexity index is 1330. The van der Waals surface area contributed by atoms with Gasteiger partial charge >= 0.3 is 0 Å². The van der Waals surface area contributed by atoms with E-state index in [9.17, 15) is 4.79 Å². The number of aliphatic hydroxyl groups excluding tert-OH is 1. The summed E-state index contributed by atoms with van der Waals surface area (Å²) in [5, 5.41) is 10.8. The van der Waals surface area contributed by atoms with Crippen molar-refractivity contribution in [2.75, 3.05) is 0 Å². The summed E-state index contributed by atoms with van der Waals surface area (Å²) in [6, 6.07) is 13.9. The van der Waals surface area contributed by atoms with Crippen LogP contribution in [0.3, 0.4) is 0 Å². The number of aromatic nitrogens is 1. The summed E-state index contributed by atoms with van der Waals surface area (Å²) in [6.07, 6.45) is 7.98. The molecule has 0 saturated carbocycles. The first-order valence-corrected chi connectivity index (χ1v) is 11.0. The SMILES string of the molecule is CC(=O)/C=C(/C)O.Cc1c[c-]c(-c2nccc3c2oc2cc4c(c(C)c23)CCCC4)cc1.[Ir]. The number of furan rings is 1. The Morgan fingerprint density at radius 2 is 1.91 bits per heavy atom.